The summed E-state index contributed by atoms with van der Waals surface area (Å²) in [5, 5.41) is 8.68. The third kappa shape index (κ3) is 4.11. The van der Waals surface area contributed by atoms with Gasteiger partial charge in [0.25, 0.3) is 0 Å². The van der Waals surface area contributed by atoms with E-state index in [0.717, 1.165) is 0 Å². The summed E-state index contributed by atoms with van der Waals surface area (Å²) in [5.74, 6) is -2.00. The summed E-state index contributed by atoms with van der Waals surface area (Å²) < 4.78 is 4.88. The van der Waals surface area contributed by atoms with Crippen molar-refractivity contribution in [3.05, 3.63) is 0 Å². The van der Waals surface area contributed by atoms with Crippen molar-refractivity contribution in [3.8, 4) is 0 Å². The highest BCUT2D eigenvalue weighted by Gasteiger charge is 2.44. The zero-order valence-electron chi connectivity index (χ0n) is 9.99. The molecule has 0 saturated heterocycles. The second kappa shape index (κ2) is 7.42. The monoisotopic (exact) mass is 308 g/mol. The Kier molecular flexibility index (Phi) is 7.03. The minimum Gasteiger partial charge on any atom is -0.481 e. The van der Waals surface area contributed by atoms with Crippen LogP contribution in [-0.4, -0.2) is 34.8 Å². The molecule has 5 nitrogen and oxygen atoms in total. The molecule has 0 rings (SSSR count). The van der Waals surface area contributed by atoms with Gasteiger partial charge in [-0.05, 0) is 19.8 Å². The maximum atomic E-state index is 11.9. The van der Waals surface area contributed by atoms with Gasteiger partial charge in [0.15, 0.2) is 5.78 Å². The van der Waals surface area contributed by atoms with Crippen LogP contribution in [0.3, 0.4) is 0 Å². The van der Waals surface area contributed by atoms with E-state index in [2.05, 4.69) is 15.9 Å². The van der Waals surface area contributed by atoms with Gasteiger partial charge in [0.2, 0.25) is 0 Å². The standard InChI is InChI=1S/C11H17BrO5/c1-3-11(8(13)7-12,6-5-9(14)15)10(16)17-4-2/h3-7H2,1-2H3,(H,14,15)/t11-/m0/s1. The first kappa shape index (κ1) is 16.1. The van der Waals surface area contributed by atoms with Crippen LogP contribution in [0.2, 0.25) is 0 Å². The Labute approximate surface area is 109 Å². The van der Waals surface area contributed by atoms with Crippen LogP contribution in [-0.2, 0) is 19.1 Å². The van der Waals surface area contributed by atoms with E-state index in [-0.39, 0.29) is 37.0 Å². The van der Waals surface area contributed by atoms with Crippen LogP contribution in [0.5, 0.6) is 0 Å². The molecule has 0 aromatic rings. The Bertz CT molecular complexity index is 302. The number of hydrogen-bond acceptors (Lipinski definition) is 4. The van der Waals surface area contributed by atoms with E-state index in [9.17, 15) is 14.4 Å². The number of esters is 1. The third-order valence-electron chi connectivity index (χ3n) is 2.69. The summed E-state index contributed by atoms with van der Waals surface area (Å²) in [6.07, 6.45) is -0.0168. The van der Waals surface area contributed by atoms with E-state index in [4.69, 9.17) is 9.84 Å². The van der Waals surface area contributed by atoms with Gasteiger partial charge >= 0.3 is 11.9 Å². The molecule has 0 aliphatic rings. The van der Waals surface area contributed by atoms with Gasteiger partial charge < -0.3 is 9.84 Å². The lowest BCUT2D eigenvalue weighted by molar-refractivity contribution is -0.160. The first-order chi connectivity index (χ1) is 7.94. The molecular weight excluding hydrogens is 292 g/mol. The largest absolute Gasteiger partial charge is 0.481 e. The zero-order valence-corrected chi connectivity index (χ0v) is 11.6. The second-order valence-electron chi connectivity index (χ2n) is 3.61. The summed E-state index contributed by atoms with van der Waals surface area (Å²) >= 11 is 3.01. The SMILES string of the molecule is CCOC(=O)[C@@](CC)(CCC(=O)O)C(=O)CBr. The van der Waals surface area contributed by atoms with Crippen molar-refractivity contribution in [2.75, 3.05) is 11.9 Å². The fourth-order valence-corrected chi connectivity index (χ4v) is 2.13. The van der Waals surface area contributed by atoms with Crippen LogP contribution in [0.1, 0.15) is 33.1 Å². The molecular formula is C11H17BrO5. The lowest BCUT2D eigenvalue weighted by Gasteiger charge is -2.27. The van der Waals surface area contributed by atoms with E-state index >= 15 is 0 Å². The van der Waals surface area contributed by atoms with Crippen molar-refractivity contribution in [1.29, 1.82) is 0 Å². The highest BCUT2D eigenvalue weighted by Crippen LogP contribution is 2.32. The smallest absolute Gasteiger partial charge is 0.319 e. The van der Waals surface area contributed by atoms with E-state index in [1.54, 1.807) is 13.8 Å². The number of rotatable bonds is 8. The number of carboxylic acids is 1. The molecule has 0 aliphatic heterocycles. The highest BCUT2D eigenvalue weighted by atomic mass is 79.9. The van der Waals surface area contributed by atoms with Crippen molar-refractivity contribution in [2.45, 2.75) is 33.1 Å². The van der Waals surface area contributed by atoms with Crippen LogP contribution in [0.4, 0.5) is 0 Å². The van der Waals surface area contributed by atoms with Crippen molar-refractivity contribution < 1.29 is 24.2 Å². The molecule has 0 aromatic carbocycles. The summed E-state index contributed by atoms with van der Waals surface area (Å²) in [4.78, 5) is 34.3. The van der Waals surface area contributed by atoms with Gasteiger partial charge in [0.1, 0.15) is 5.41 Å². The van der Waals surface area contributed by atoms with Crippen molar-refractivity contribution >= 4 is 33.7 Å². The van der Waals surface area contributed by atoms with Crippen LogP contribution in [0.15, 0.2) is 0 Å². The molecule has 0 fully saturated rings. The normalized spacial score (nSPS) is 13.8. The molecule has 0 radical (unpaired) electrons. The Balaban J connectivity index is 5.06. The maximum Gasteiger partial charge on any atom is 0.319 e. The maximum absolute atomic E-state index is 11.9. The molecule has 98 valence electrons. The molecule has 6 heteroatoms. The molecule has 0 bridgehead atoms. The van der Waals surface area contributed by atoms with Crippen molar-refractivity contribution in [2.24, 2.45) is 5.41 Å². The first-order valence-corrected chi connectivity index (χ1v) is 6.55. The zero-order chi connectivity index (χ0) is 13.5. The van der Waals surface area contributed by atoms with Crippen LogP contribution in [0, 0.1) is 5.41 Å². The third-order valence-corrected chi connectivity index (χ3v) is 3.20. The molecule has 0 spiro atoms. The number of alkyl halides is 1. The first-order valence-electron chi connectivity index (χ1n) is 5.42. The molecule has 0 unspecified atom stereocenters. The van der Waals surface area contributed by atoms with Crippen molar-refractivity contribution in [3.63, 3.8) is 0 Å². The van der Waals surface area contributed by atoms with Gasteiger partial charge in [-0.25, -0.2) is 0 Å². The number of carbonyl (C=O) groups excluding carboxylic acids is 2. The molecule has 17 heavy (non-hydrogen) atoms. The van der Waals surface area contributed by atoms with Crippen molar-refractivity contribution in [1.82, 2.24) is 0 Å². The van der Waals surface area contributed by atoms with Gasteiger partial charge in [0.05, 0.1) is 11.9 Å². The minimum absolute atomic E-state index is 0.0132. The fraction of sp³-hybridized carbons (Fsp3) is 0.727. The average molecular weight is 309 g/mol. The van der Waals surface area contributed by atoms with Gasteiger partial charge in [-0.2, -0.15) is 0 Å². The second-order valence-corrected chi connectivity index (χ2v) is 4.17. The molecule has 0 aromatic heterocycles. The van der Waals surface area contributed by atoms with Crippen LogP contribution >= 0.6 is 15.9 Å². The summed E-state index contributed by atoms with van der Waals surface area (Å²) in [5.41, 5.74) is -1.34. The van der Waals surface area contributed by atoms with Gasteiger partial charge in [-0.1, -0.05) is 22.9 Å². The number of carbonyl (C=O) groups is 3. The Hall–Kier alpha value is -0.910. The number of hydrogen-bond donors (Lipinski definition) is 1. The average Bonchev–Trinajstić information content (AvgIpc) is 2.30. The molecule has 0 amide bonds. The number of ether oxygens (including phenoxy) is 1. The summed E-state index contributed by atoms with van der Waals surface area (Å²) in [6, 6.07) is 0. The molecule has 1 N–H and O–H groups in total. The van der Waals surface area contributed by atoms with Gasteiger partial charge in [-0.15, -0.1) is 0 Å². The highest BCUT2D eigenvalue weighted by molar-refractivity contribution is 9.09. The van der Waals surface area contributed by atoms with E-state index < -0.39 is 17.4 Å². The predicted octanol–water partition coefficient (Wildman–Crippen LogP) is 1.77. The molecule has 0 heterocycles. The Morgan fingerprint density at radius 1 is 1.29 bits per heavy atom. The predicted molar refractivity (Wildman–Crippen MR) is 65.0 cm³/mol. The van der Waals surface area contributed by atoms with Gasteiger partial charge in [-0.3, -0.25) is 14.4 Å². The summed E-state index contributed by atoms with van der Waals surface area (Å²) in [7, 11) is 0. The number of ketones is 1. The lowest BCUT2D eigenvalue weighted by Crippen LogP contribution is -2.41. The molecule has 0 aliphatic carbocycles. The number of aliphatic carboxylic acids is 1. The van der Waals surface area contributed by atoms with Gasteiger partial charge in [0, 0.05) is 6.42 Å². The van der Waals surface area contributed by atoms with E-state index in [1.807, 2.05) is 0 Å². The number of halogens is 1. The number of carboxylic acid groups (broad SMARTS) is 1. The Morgan fingerprint density at radius 2 is 1.88 bits per heavy atom. The molecule has 1 atom stereocenters. The fourth-order valence-electron chi connectivity index (χ4n) is 1.59. The van der Waals surface area contributed by atoms with E-state index in [1.165, 1.54) is 0 Å². The minimum atomic E-state index is -1.34. The summed E-state index contributed by atoms with van der Waals surface area (Å²) in [6.45, 7) is 3.50. The Morgan fingerprint density at radius 3 is 2.24 bits per heavy atom. The van der Waals surface area contributed by atoms with Crippen LogP contribution in [0.25, 0.3) is 0 Å². The topological polar surface area (TPSA) is 80.7 Å². The van der Waals surface area contributed by atoms with E-state index in [0.29, 0.717) is 0 Å². The van der Waals surface area contributed by atoms with Crippen LogP contribution < -0.4 is 0 Å². The quantitative estimate of drug-likeness (QED) is 0.420. The number of Topliss-reactive ketones (excluding diaryl/α,β-unsaturated/α-hetero) is 1. The lowest BCUT2D eigenvalue weighted by atomic mass is 9.77. The molecule has 0 saturated carbocycles.